The molecule has 108 valence electrons. The molecule has 0 fully saturated rings. The zero-order valence-electron chi connectivity index (χ0n) is 11.2. The lowest BCUT2D eigenvalue weighted by Gasteiger charge is -2.06. The van der Waals surface area contributed by atoms with E-state index in [9.17, 15) is 9.90 Å². The molecule has 2 rings (SSSR count). The molecule has 0 saturated carbocycles. The van der Waals surface area contributed by atoms with Gasteiger partial charge < -0.3 is 10.2 Å². The van der Waals surface area contributed by atoms with E-state index in [-0.39, 0.29) is 11.3 Å². The number of carbonyl (C=O) groups is 1. The van der Waals surface area contributed by atoms with Gasteiger partial charge in [0.15, 0.2) is 0 Å². The Morgan fingerprint density at radius 2 is 2.00 bits per heavy atom. The lowest BCUT2D eigenvalue weighted by atomic mass is 10.1. The molecule has 2 aromatic rings. The monoisotopic (exact) mass is 304 g/mol. The van der Waals surface area contributed by atoms with Crippen molar-refractivity contribution in [2.75, 3.05) is 5.43 Å². The smallest absolute Gasteiger partial charge is 0.335 e. The van der Waals surface area contributed by atoms with E-state index in [1.54, 1.807) is 31.2 Å². The van der Waals surface area contributed by atoms with Gasteiger partial charge >= 0.3 is 5.97 Å². The third-order valence-corrected chi connectivity index (χ3v) is 3.05. The van der Waals surface area contributed by atoms with Crippen LogP contribution in [0.2, 0.25) is 5.02 Å². The van der Waals surface area contributed by atoms with Crippen molar-refractivity contribution in [3.05, 3.63) is 58.6 Å². The summed E-state index contributed by atoms with van der Waals surface area (Å²) in [6.07, 6.45) is 0. The summed E-state index contributed by atoms with van der Waals surface area (Å²) in [7, 11) is 0. The second-order valence-corrected chi connectivity index (χ2v) is 4.79. The maximum Gasteiger partial charge on any atom is 0.335 e. The van der Waals surface area contributed by atoms with E-state index in [4.69, 9.17) is 16.7 Å². The van der Waals surface area contributed by atoms with Crippen molar-refractivity contribution in [2.45, 2.75) is 6.92 Å². The number of anilines is 1. The van der Waals surface area contributed by atoms with Crippen LogP contribution >= 0.6 is 11.6 Å². The summed E-state index contributed by atoms with van der Waals surface area (Å²) in [4.78, 5) is 10.9. The fourth-order valence-corrected chi connectivity index (χ4v) is 1.90. The average Bonchev–Trinajstić information content (AvgIpc) is 2.47. The molecule has 3 N–H and O–H groups in total. The Balaban J connectivity index is 2.22. The van der Waals surface area contributed by atoms with Gasteiger partial charge in [-0.25, -0.2) is 4.79 Å². The molecule has 0 saturated heterocycles. The molecule has 0 atom stereocenters. The number of nitrogens with zero attached hydrogens (tertiary/aromatic N) is 1. The number of hydrogen-bond donors (Lipinski definition) is 3. The number of aromatic hydroxyl groups is 1. The summed E-state index contributed by atoms with van der Waals surface area (Å²) in [6, 6.07) is 10.9. The molecule has 0 aliphatic carbocycles. The van der Waals surface area contributed by atoms with Gasteiger partial charge in [-0.1, -0.05) is 17.7 Å². The molecule has 0 radical (unpaired) electrons. The van der Waals surface area contributed by atoms with Gasteiger partial charge in [0, 0.05) is 10.6 Å². The summed E-state index contributed by atoms with van der Waals surface area (Å²) in [6.45, 7) is 1.71. The van der Waals surface area contributed by atoms with Crippen LogP contribution in [0.15, 0.2) is 47.6 Å². The van der Waals surface area contributed by atoms with Crippen LogP contribution in [0.4, 0.5) is 5.69 Å². The number of benzene rings is 2. The maximum atomic E-state index is 10.9. The van der Waals surface area contributed by atoms with E-state index in [2.05, 4.69) is 10.5 Å². The number of hydrogen-bond acceptors (Lipinski definition) is 4. The van der Waals surface area contributed by atoms with E-state index >= 15 is 0 Å². The van der Waals surface area contributed by atoms with Crippen molar-refractivity contribution in [2.24, 2.45) is 5.10 Å². The Morgan fingerprint density at radius 3 is 2.71 bits per heavy atom. The lowest BCUT2D eigenvalue weighted by molar-refractivity contribution is 0.0697. The summed E-state index contributed by atoms with van der Waals surface area (Å²) >= 11 is 5.88. The first-order chi connectivity index (χ1) is 9.97. The van der Waals surface area contributed by atoms with E-state index in [0.29, 0.717) is 22.0 Å². The number of aromatic carboxylic acids is 1. The first-order valence-electron chi connectivity index (χ1n) is 6.10. The molecule has 2 aromatic carbocycles. The zero-order valence-corrected chi connectivity index (χ0v) is 11.9. The molecule has 0 heterocycles. The Labute approximate surface area is 126 Å². The molecule has 0 spiro atoms. The van der Waals surface area contributed by atoms with Crippen LogP contribution in [-0.4, -0.2) is 21.9 Å². The largest absolute Gasteiger partial charge is 0.507 e. The fourth-order valence-electron chi connectivity index (χ4n) is 1.73. The summed E-state index contributed by atoms with van der Waals surface area (Å²) in [5.74, 6) is -0.937. The Morgan fingerprint density at radius 1 is 1.24 bits per heavy atom. The minimum absolute atomic E-state index is 0.0711. The average molecular weight is 305 g/mol. The topological polar surface area (TPSA) is 81.9 Å². The number of rotatable bonds is 4. The number of hydrazone groups is 1. The second-order valence-electron chi connectivity index (χ2n) is 4.36. The van der Waals surface area contributed by atoms with E-state index in [1.807, 2.05) is 0 Å². The predicted octanol–water partition coefficient (Wildman–Crippen LogP) is 3.58. The predicted molar refractivity (Wildman–Crippen MR) is 82.4 cm³/mol. The molecule has 5 nitrogen and oxygen atoms in total. The number of halogens is 1. The normalized spacial score (nSPS) is 11.2. The molecule has 0 bridgehead atoms. The molecule has 0 amide bonds. The van der Waals surface area contributed by atoms with Gasteiger partial charge in [-0.2, -0.15) is 5.10 Å². The zero-order chi connectivity index (χ0) is 15.4. The summed E-state index contributed by atoms with van der Waals surface area (Å²) < 4.78 is 0. The highest BCUT2D eigenvalue weighted by Gasteiger charge is 2.06. The number of phenolic OH excluding ortho intramolecular Hbond substituents is 1. The number of carboxylic acids is 1. The van der Waals surface area contributed by atoms with Crippen LogP contribution in [0.1, 0.15) is 22.8 Å². The van der Waals surface area contributed by atoms with Crippen molar-refractivity contribution in [3.8, 4) is 5.75 Å². The molecule has 0 aliphatic rings. The van der Waals surface area contributed by atoms with Gasteiger partial charge in [0.2, 0.25) is 0 Å². The van der Waals surface area contributed by atoms with Crippen LogP contribution in [0.25, 0.3) is 0 Å². The van der Waals surface area contributed by atoms with Gasteiger partial charge in [0.05, 0.1) is 17.0 Å². The quantitative estimate of drug-likeness (QED) is 0.595. The molecular weight excluding hydrogens is 292 g/mol. The minimum atomic E-state index is -1.01. The highest BCUT2D eigenvalue weighted by Crippen LogP contribution is 2.22. The van der Waals surface area contributed by atoms with E-state index < -0.39 is 5.97 Å². The van der Waals surface area contributed by atoms with Crippen molar-refractivity contribution >= 4 is 29.0 Å². The van der Waals surface area contributed by atoms with Gasteiger partial charge in [0.25, 0.3) is 0 Å². The summed E-state index contributed by atoms with van der Waals surface area (Å²) in [5.41, 5.74) is 4.49. The number of carboxylic acid groups (broad SMARTS) is 1. The van der Waals surface area contributed by atoms with Crippen LogP contribution < -0.4 is 5.43 Å². The van der Waals surface area contributed by atoms with Crippen LogP contribution in [-0.2, 0) is 0 Å². The van der Waals surface area contributed by atoms with Crippen molar-refractivity contribution in [1.29, 1.82) is 0 Å². The SMILES string of the molecule is CC(=NNc1cccc(C(=O)O)c1)c1cc(Cl)ccc1O. The number of phenols is 1. The van der Waals surface area contributed by atoms with Crippen LogP contribution in [0, 0.1) is 0 Å². The maximum absolute atomic E-state index is 10.9. The molecule has 6 heteroatoms. The van der Waals surface area contributed by atoms with Gasteiger partial charge in [-0.3, -0.25) is 5.43 Å². The molecule has 0 aliphatic heterocycles. The Hall–Kier alpha value is -2.53. The Kier molecular flexibility index (Phi) is 4.45. The van der Waals surface area contributed by atoms with Crippen molar-refractivity contribution in [3.63, 3.8) is 0 Å². The van der Waals surface area contributed by atoms with Crippen LogP contribution in [0.3, 0.4) is 0 Å². The molecule has 0 aromatic heterocycles. The van der Waals surface area contributed by atoms with Crippen LogP contribution in [0.5, 0.6) is 5.75 Å². The fraction of sp³-hybridized carbons (Fsp3) is 0.0667. The first kappa shape index (κ1) is 14.9. The molecule has 21 heavy (non-hydrogen) atoms. The third kappa shape index (κ3) is 3.73. The van der Waals surface area contributed by atoms with Gasteiger partial charge in [0.1, 0.15) is 5.75 Å². The van der Waals surface area contributed by atoms with Gasteiger partial charge in [-0.15, -0.1) is 0 Å². The summed E-state index contributed by atoms with van der Waals surface area (Å²) in [5, 5.41) is 23.3. The number of nitrogens with one attached hydrogen (secondary N) is 1. The highest BCUT2D eigenvalue weighted by molar-refractivity contribution is 6.31. The standard InChI is InChI=1S/C15H13ClN2O3/c1-9(13-8-11(16)5-6-14(13)19)17-18-12-4-2-3-10(7-12)15(20)21/h2-8,18-19H,1H3,(H,20,21). The molecular formula is C15H13ClN2O3. The molecule has 0 unspecified atom stereocenters. The minimum Gasteiger partial charge on any atom is -0.507 e. The highest BCUT2D eigenvalue weighted by atomic mass is 35.5. The third-order valence-electron chi connectivity index (χ3n) is 2.81. The van der Waals surface area contributed by atoms with Crippen molar-refractivity contribution in [1.82, 2.24) is 0 Å². The second kappa shape index (κ2) is 6.28. The van der Waals surface area contributed by atoms with E-state index in [1.165, 1.54) is 18.2 Å². The van der Waals surface area contributed by atoms with Crippen molar-refractivity contribution < 1.29 is 15.0 Å². The lowest BCUT2D eigenvalue weighted by Crippen LogP contribution is -2.01. The van der Waals surface area contributed by atoms with E-state index in [0.717, 1.165) is 0 Å². The Bertz CT molecular complexity index is 714. The van der Waals surface area contributed by atoms with Gasteiger partial charge in [-0.05, 0) is 43.3 Å². The first-order valence-corrected chi connectivity index (χ1v) is 6.47.